The van der Waals surface area contributed by atoms with Crippen molar-refractivity contribution in [3.63, 3.8) is 0 Å². The minimum Gasteiger partial charge on any atom is -0.278 e. The average molecular weight is 305 g/mol. The van der Waals surface area contributed by atoms with E-state index in [1.807, 2.05) is 6.07 Å². The van der Waals surface area contributed by atoms with Gasteiger partial charge in [0.1, 0.15) is 7.85 Å². The van der Waals surface area contributed by atoms with Crippen LogP contribution in [0.15, 0.2) is 72.9 Å². The lowest BCUT2D eigenvalue weighted by Gasteiger charge is -2.06. The zero-order valence-corrected chi connectivity index (χ0v) is 12.8. The lowest BCUT2D eigenvalue weighted by Crippen LogP contribution is -2.13. The fourth-order valence-corrected chi connectivity index (χ4v) is 3.42. The molecular formula is C20H12BN3. The van der Waals surface area contributed by atoms with Crippen molar-refractivity contribution in [3.05, 3.63) is 72.9 Å². The molecule has 24 heavy (non-hydrogen) atoms. The predicted octanol–water partition coefficient (Wildman–Crippen LogP) is 3.52. The SMILES string of the molecule is [B]c1ccnc(-n2c3ccccc3c3c4ccccc4ccc32)n1. The van der Waals surface area contributed by atoms with Crippen LogP contribution in [0.25, 0.3) is 38.5 Å². The van der Waals surface area contributed by atoms with Gasteiger partial charge in [-0.2, -0.15) is 0 Å². The molecule has 4 heteroatoms. The summed E-state index contributed by atoms with van der Waals surface area (Å²) >= 11 is 0. The third-order valence-electron chi connectivity index (χ3n) is 4.43. The summed E-state index contributed by atoms with van der Waals surface area (Å²) in [6, 6.07) is 22.7. The summed E-state index contributed by atoms with van der Waals surface area (Å²) in [5.74, 6) is 0.594. The van der Waals surface area contributed by atoms with E-state index in [1.54, 1.807) is 12.3 Å². The van der Waals surface area contributed by atoms with Crippen LogP contribution in [0.2, 0.25) is 0 Å². The smallest absolute Gasteiger partial charge is 0.233 e. The molecule has 5 aromatic rings. The number of nitrogens with zero attached hydrogens (tertiary/aromatic N) is 3. The van der Waals surface area contributed by atoms with E-state index in [0.29, 0.717) is 11.5 Å². The first kappa shape index (κ1) is 13.3. The van der Waals surface area contributed by atoms with Gasteiger partial charge in [-0.25, -0.2) is 9.97 Å². The van der Waals surface area contributed by atoms with Crippen LogP contribution < -0.4 is 5.59 Å². The van der Waals surface area contributed by atoms with Gasteiger partial charge in [-0.05, 0) is 34.6 Å². The molecule has 0 bridgehead atoms. The summed E-state index contributed by atoms with van der Waals surface area (Å²) in [6.45, 7) is 0. The molecule has 2 radical (unpaired) electrons. The maximum atomic E-state index is 5.88. The molecule has 0 amide bonds. The van der Waals surface area contributed by atoms with Crippen molar-refractivity contribution >= 4 is 46.0 Å². The molecule has 0 aliphatic heterocycles. The highest BCUT2D eigenvalue weighted by Crippen LogP contribution is 2.35. The quantitative estimate of drug-likeness (QED) is 0.444. The van der Waals surface area contributed by atoms with Crippen molar-refractivity contribution in [2.24, 2.45) is 0 Å². The second-order valence-electron chi connectivity index (χ2n) is 5.81. The summed E-state index contributed by atoms with van der Waals surface area (Å²) in [4.78, 5) is 8.86. The summed E-state index contributed by atoms with van der Waals surface area (Å²) < 4.78 is 2.08. The van der Waals surface area contributed by atoms with Gasteiger partial charge in [0.15, 0.2) is 0 Å². The Bertz CT molecular complexity index is 1220. The largest absolute Gasteiger partial charge is 0.278 e. The monoisotopic (exact) mass is 305 g/mol. The van der Waals surface area contributed by atoms with E-state index in [9.17, 15) is 0 Å². The van der Waals surface area contributed by atoms with E-state index in [4.69, 9.17) is 7.85 Å². The molecule has 3 nitrogen and oxygen atoms in total. The van der Waals surface area contributed by atoms with Gasteiger partial charge in [-0.1, -0.05) is 48.5 Å². The van der Waals surface area contributed by atoms with E-state index in [0.717, 1.165) is 11.0 Å². The third kappa shape index (κ3) is 1.80. The molecule has 0 fully saturated rings. The number of fused-ring (bicyclic) bond motifs is 5. The lowest BCUT2D eigenvalue weighted by molar-refractivity contribution is 1.00. The van der Waals surface area contributed by atoms with Gasteiger partial charge in [-0.15, -0.1) is 0 Å². The van der Waals surface area contributed by atoms with Gasteiger partial charge in [0, 0.05) is 17.0 Å². The van der Waals surface area contributed by atoms with E-state index in [2.05, 4.69) is 69.1 Å². The van der Waals surface area contributed by atoms with E-state index >= 15 is 0 Å². The Morgan fingerprint density at radius 1 is 0.750 bits per heavy atom. The highest BCUT2D eigenvalue weighted by Gasteiger charge is 2.15. The van der Waals surface area contributed by atoms with Gasteiger partial charge in [0.05, 0.1) is 11.0 Å². The maximum Gasteiger partial charge on any atom is 0.233 e. The Morgan fingerprint density at radius 3 is 2.42 bits per heavy atom. The molecule has 0 atom stereocenters. The van der Waals surface area contributed by atoms with Crippen molar-refractivity contribution in [3.8, 4) is 5.95 Å². The summed E-state index contributed by atoms with van der Waals surface area (Å²) in [5, 5.41) is 4.86. The molecule has 0 saturated carbocycles. The molecule has 0 unspecified atom stereocenters. The Hall–Kier alpha value is -3.14. The van der Waals surface area contributed by atoms with Crippen LogP contribution in [-0.4, -0.2) is 22.4 Å². The zero-order valence-electron chi connectivity index (χ0n) is 12.8. The number of rotatable bonds is 1. The average Bonchev–Trinajstić information content (AvgIpc) is 2.96. The van der Waals surface area contributed by atoms with Crippen LogP contribution >= 0.6 is 0 Å². The second-order valence-corrected chi connectivity index (χ2v) is 5.81. The number of benzene rings is 3. The Morgan fingerprint density at radius 2 is 1.54 bits per heavy atom. The minimum atomic E-state index is 0.465. The van der Waals surface area contributed by atoms with Crippen LogP contribution in [0, 0.1) is 0 Å². The zero-order chi connectivity index (χ0) is 16.1. The van der Waals surface area contributed by atoms with E-state index < -0.39 is 0 Å². The topological polar surface area (TPSA) is 30.7 Å². The summed E-state index contributed by atoms with van der Waals surface area (Å²) in [7, 11) is 5.88. The minimum absolute atomic E-state index is 0.465. The molecule has 2 aromatic heterocycles. The van der Waals surface area contributed by atoms with Crippen LogP contribution in [0.3, 0.4) is 0 Å². The van der Waals surface area contributed by atoms with Crippen LogP contribution in [0.1, 0.15) is 0 Å². The molecule has 0 aliphatic carbocycles. The maximum absolute atomic E-state index is 5.88. The fourth-order valence-electron chi connectivity index (χ4n) is 3.42. The van der Waals surface area contributed by atoms with Gasteiger partial charge in [0.2, 0.25) is 5.95 Å². The highest BCUT2D eigenvalue weighted by molar-refractivity contribution is 6.30. The van der Waals surface area contributed by atoms with Crippen molar-refractivity contribution in [2.45, 2.75) is 0 Å². The van der Waals surface area contributed by atoms with Gasteiger partial charge >= 0.3 is 0 Å². The van der Waals surface area contributed by atoms with Gasteiger partial charge in [-0.3, -0.25) is 4.57 Å². The van der Waals surface area contributed by atoms with Crippen LogP contribution in [0.5, 0.6) is 0 Å². The molecule has 0 spiro atoms. The van der Waals surface area contributed by atoms with E-state index in [-0.39, 0.29) is 0 Å². The van der Waals surface area contributed by atoms with Crippen molar-refractivity contribution in [1.29, 1.82) is 0 Å². The highest BCUT2D eigenvalue weighted by atomic mass is 15.1. The number of para-hydroxylation sites is 1. The first-order valence-electron chi connectivity index (χ1n) is 7.83. The van der Waals surface area contributed by atoms with Gasteiger partial charge < -0.3 is 0 Å². The van der Waals surface area contributed by atoms with Crippen molar-refractivity contribution in [2.75, 3.05) is 0 Å². The first-order valence-corrected chi connectivity index (χ1v) is 7.83. The van der Waals surface area contributed by atoms with Crippen LogP contribution in [0.4, 0.5) is 0 Å². The molecule has 0 saturated heterocycles. The molecule has 2 heterocycles. The normalized spacial score (nSPS) is 11.5. The predicted molar refractivity (Wildman–Crippen MR) is 99.3 cm³/mol. The summed E-state index contributed by atoms with van der Waals surface area (Å²) in [6.07, 6.45) is 1.69. The Kier molecular flexibility index (Phi) is 2.74. The van der Waals surface area contributed by atoms with Gasteiger partial charge in [0.25, 0.3) is 0 Å². The second kappa shape index (κ2) is 4.93. The number of aromatic nitrogens is 3. The molecule has 0 aliphatic rings. The Labute approximate surface area is 140 Å². The lowest BCUT2D eigenvalue weighted by atomic mass is 10.0. The molecular weight excluding hydrogens is 293 g/mol. The summed E-state index contributed by atoms with van der Waals surface area (Å²) in [5.41, 5.74) is 2.63. The van der Waals surface area contributed by atoms with E-state index in [1.165, 1.54) is 21.5 Å². The standard InChI is InChI=1S/C20H12BN3/c21-18-11-12-22-20(23-18)24-16-8-4-3-7-15(16)19-14-6-2-1-5-13(14)9-10-17(19)24/h1-12H. The number of hydrogen-bond donors (Lipinski definition) is 0. The molecule has 0 N–H and O–H groups in total. The van der Waals surface area contributed by atoms with Crippen LogP contribution in [-0.2, 0) is 0 Å². The fraction of sp³-hybridized carbons (Fsp3) is 0. The van der Waals surface area contributed by atoms with Crippen molar-refractivity contribution in [1.82, 2.24) is 14.5 Å². The molecule has 110 valence electrons. The number of hydrogen-bond acceptors (Lipinski definition) is 2. The van der Waals surface area contributed by atoms with Crippen molar-refractivity contribution < 1.29 is 0 Å². The molecule has 5 rings (SSSR count). The molecule has 3 aromatic carbocycles. The first-order chi connectivity index (χ1) is 11.8. The Balaban J connectivity index is 2.04. The third-order valence-corrected chi connectivity index (χ3v) is 4.43.